The van der Waals surface area contributed by atoms with Crippen LogP contribution in [0.25, 0.3) is 0 Å². The summed E-state index contributed by atoms with van der Waals surface area (Å²) in [7, 11) is 0. The van der Waals surface area contributed by atoms with Crippen LogP contribution in [0.5, 0.6) is 0 Å². The van der Waals surface area contributed by atoms with Crippen LogP contribution < -0.4 is 5.73 Å². The van der Waals surface area contributed by atoms with Gasteiger partial charge >= 0.3 is 0 Å². The zero-order chi connectivity index (χ0) is 14.0. The Morgan fingerprint density at radius 1 is 1.58 bits per heavy atom. The number of benzene rings is 1. The molecule has 1 aliphatic heterocycles. The molecule has 1 aromatic carbocycles. The summed E-state index contributed by atoms with van der Waals surface area (Å²) in [5.74, 6) is -0.744. The lowest BCUT2D eigenvalue weighted by Gasteiger charge is -2.34. The van der Waals surface area contributed by atoms with E-state index in [1.54, 1.807) is 24.0 Å². The van der Waals surface area contributed by atoms with Gasteiger partial charge in [-0.15, -0.1) is 0 Å². The van der Waals surface area contributed by atoms with Crippen molar-refractivity contribution in [1.29, 1.82) is 0 Å². The molecule has 4 nitrogen and oxygen atoms in total. The Morgan fingerprint density at radius 2 is 2.32 bits per heavy atom. The highest BCUT2D eigenvalue weighted by Crippen LogP contribution is 2.17. The molecular formula is C14H19FN2O2. The minimum atomic E-state index is -0.448. The van der Waals surface area contributed by atoms with Crippen molar-refractivity contribution in [3.8, 4) is 0 Å². The van der Waals surface area contributed by atoms with Crippen LogP contribution in [0.2, 0.25) is 0 Å². The number of amides is 1. The number of hydrogen-bond donors (Lipinski definition) is 1. The van der Waals surface area contributed by atoms with E-state index in [1.165, 1.54) is 6.07 Å². The van der Waals surface area contributed by atoms with Crippen molar-refractivity contribution >= 4 is 5.91 Å². The molecule has 19 heavy (non-hydrogen) atoms. The Kier molecular flexibility index (Phi) is 4.17. The first-order valence-electron chi connectivity index (χ1n) is 6.42. The van der Waals surface area contributed by atoms with E-state index in [9.17, 15) is 9.18 Å². The fraction of sp³-hybridized carbons (Fsp3) is 0.500. The van der Waals surface area contributed by atoms with Gasteiger partial charge in [0.25, 0.3) is 5.91 Å². The maximum atomic E-state index is 14.0. The number of halogens is 1. The number of ether oxygens (including phenoxy) is 1. The van der Waals surface area contributed by atoms with Gasteiger partial charge in [-0.1, -0.05) is 12.1 Å². The van der Waals surface area contributed by atoms with Crippen molar-refractivity contribution in [2.45, 2.75) is 26.0 Å². The van der Waals surface area contributed by atoms with E-state index in [0.717, 1.165) is 0 Å². The van der Waals surface area contributed by atoms with E-state index in [-0.39, 0.29) is 23.6 Å². The number of hydrogen-bond acceptors (Lipinski definition) is 3. The Bertz CT molecular complexity index is 477. The van der Waals surface area contributed by atoms with Gasteiger partial charge in [-0.3, -0.25) is 4.79 Å². The lowest BCUT2D eigenvalue weighted by atomic mass is 10.1. The summed E-state index contributed by atoms with van der Waals surface area (Å²) in [5, 5.41) is 0. The number of nitrogens with zero attached hydrogens (tertiary/aromatic N) is 1. The van der Waals surface area contributed by atoms with E-state index in [0.29, 0.717) is 25.3 Å². The topological polar surface area (TPSA) is 55.6 Å². The lowest BCUT2D eigenvalue weighted by Crippen LogP contribution is -2.51. The maximum Gasteiger partial charge on any atom is 0.257 e. The Balaban J connectivity index is 2.17. The van der Waals surface area contributed by atoms with E-state index < -0.39 is 5.82 Å². The van der Waals surface area contributed by atoms with Crippen LogP contribution in [0.1, 0.15) is 22.8 Å². The molecule has 0 bridgehead atoms. The SMILES string of the molecule is Cc1cccc(C(=O)N2CCOC(C(C)N)C2)c1F. The van der Waals surface area contributed by atoms with Gasteiger partial charge < -0.3 is 15.4 Å². The highest BCUT2D eigenvalue weighted by atomic mass is 19.1. The second-order valence-corrected chi connectivity index (χ2v) is 4.96. The summed E-state index contributed by atoms with van der Waals surface area (Å²) in [6.45, 7) is 4.80. The number of carbonyl (C=O) groups excluding carboxylic acids is 1. The first-order chi connectivity index (χ1) is 9.00. The van der Waals surface area contributed by atoms with E-state index in [4.69, 9.17) is 10.5 Å². The van der Waals surface area contributed by atoms with Crippen molar-refractivity contribution in [3.05, 3.63) is 35.1 Å². The van der Waals surface area contributed by atoms with Crippen molar-refractivity contribution in [3.63, 3.8) is 0 Å². The number of rotatable bonds is 2. The maximum absolute atomic E-state index is 14.0. The fourth-order valence-corrected chi connectivity index (χ4v) is 2.16. The largest absolute Gasteiger partial charge is 0.373 e. The fourth-order valence-electron chi connectivity index (χ4n) is 2.16. The van der Waals surface area contributed by atoms with Gasteiger partial charge in [0.1, 0.15) is 5.82 Å². The average Bonchev–Trinajstić information content (AvgIpc) is 2.41. The first kappa shape index (κ1) is 14.0. The summed E-state index contributed by atoms with van der Waals surface area (Å²) in [6, 6.07) is 4.70. The van der Waals surface area contributed by atoms with Crippen LogP contribution in [0.3, 0.4) is 0 Å². The van der Waals surface area contributed by atoms with Gasteiger partial charge in [0.15, 0.2) is 0 Å². The standard InChI is InChI=1S/C14H19FN2O2/c1-9-4-3-5-11(13(9)15)14(18)17-6-7-19-12(8-17)10(2)16/h3-5,10,12H,6-8,16H2,1-2H3. The quantitative estimate of drug-likeness (QED) is 0.878. The van der Waals surface area contributed by atoms with Gasteiger partial charge in [-0.25, -0.2) is 4.39 Å². The van der Waals surface area contributed by atoms with Crippen LogP contribution >= 0.6 is 0 Å². The number of morpholine rings is 1. The zero-order valence-corrected chi connectivity index (χ0v) is 11.2. The molecule has 0 aliphatic carbocycles. The van der Waals surface area contributed by atoms with Gasteiger partial charge in [0.2, 0.25) is 0 Å². The van der Waals surface area contributed by atoms with E-state index in [2.05, 4.69) is 0 Å². The molecule has 2 unspecified atom stereocenters. The number of nitrogens with two attached hydrogens (primary N) is 1. The Morgan fingerprint density at radius 3 is 3.00 bits per heavy atom. The minimum absolute atomic E-state index is 0.116. The van der Waals surface area contributed by atoms with Crippen molar-refractivity contribution < 1.29 is 13.9 Å². The molecule has 1 aromatic rings. The molecule has 0 radical (unpaired) electrons. The summed E-state index contributed by atoms with van der Waals surface area (Å²) in [4.78, 5) is 13.9. The normalized spacial score (nSPS) is 21.3. The highest BCUT2D eigenvalue weighted by Gasteiger charge is 2.28. The summed E-state index contributed by atoms with van der Waals surface area (Å²) < 4.78 is 19.5. The second-order valence-electron chi connectivity index (χ2n) is 4.96. The minimum Gasteiger partial charge on any atom is -0.373 e. The third-order valence-corrected chi connectivity index (χ3v) is 3.39. The van der Waals surface area contributed by atoms with Gasteiger partial charge in [-0.2, -0.15) is 0 Å². The van der Waals surface area contributed by atoms with Crippen LogP contribution in [0.15, 0.2) is 18.2 Å². The molecule has 1 aliphatic rings. The lowest BCUT2D eigenvalue weighted by molar-refractivity contribution is -0.0301. The summed E-state index contributed by atoms with van der Waals surface area (Å²) in [6.07, 6.45) is -0.189. The molecule has 104 valence electrons. The smallest absolute Gasteiger partial charge is 0.257 e. The molecule has 2 rings (SSSR count). The Labute approximate surface area is 112 Å². The molecule has 1 heterocycles. The summed E-state index contributed by atoms with van der Waals surface area (Å²) in [5.41, 5.74) is 6.38. The molecule has 1 amide bonds. The van der Waals surface area contributed by atoms with Crippen LogP contribution in [0.4, 0.5) is 4.39 Å². The van der Waals surface area contributed by atoms with Crippen molar-refractivity contribution in [2.75, 3.05) is 19.7 Å². The van der Waals surface area contributed by atoms with E-state index >= 15 is 0 Å². The zero-order valence-electron chi connectivity index (χ0n) is 11.2. The number of carbonyl (C=O) groups is 1. The molecule has 0 saturated carbocycles. The van der Waals surface area contributed by atoms with Gasteiger partial charge in [0, 0.05) is 19.1 Å². The Hall–Kier alpha value is -1.46. The molecule has 0 spiro atoms. The molecule has 2 atom stereocenters. The summed E-state index contributed by atoms with van der Waals surface area (Å²) >= 11 is 0. The highest BCUT2D eigenvalue weighted by molar-refractivity contribution is 5.94. The van der Waals surface area contributed by atoms with Crippen LogP contribution in [-0.4, -0.2) is 42.6 Å². The van der Waals surface area contributed by atoms with Crippen molar-refractivity contribution in [2.24, 2.45) is 5.73 Å². The molecule has 2 N–H and O–H groups in total. The van der Waals surface area contributed by atoms with Crippen LogP contribution in [-0.2, 0) is 4.74 Å². The number of aryl methyl sites for hydroxylation is 1. The van der Waals surface area contributed by atoms with Crippen LogP contribution in [0, 0.1) is 12.7 Å². The predicted molar refractivity (Wildman–Crippen MR) is 70.4 cm³/mol. The third kappa shape index (κ3) is 2.93. The van der Waals surface area contributed by atoms with Gasteiger partial charge in [0.05, 0.1) is 18.3 Å². The molecule has 0 aromatic heterocycles. The van der Waals surface area contributed by atoms with Crippen molar-refractivity contribution in [1.82, 2.24) is 4.90 Å². The van der Waals surface area contributed by atoms with Gasteiger partial charge in [-0.05, 0) is 25.5 Å². The monoisotopic (exact) mass is 266 g/mol. The predicted octanol–water partition coefficient (Wildman–Crippen LogP) is 1.32. The molecule has 1 fully saturated rings. The molecule has 1 saturated heterocycles. The molecule has 5 heteroatoms. The second kappa shape index (κ2) is 5.67. The molecular weight excluding hydrogens is 247 g/mol. The van der Waals surface area contributed by atoms with E-state index in [1.807, 2.05) is 6.92 Å². The third-order valence-electron chi connectivity index (χ3n) is 3.39. The first-order valence-corrected chi connectivity index (χ1v) is 6.42. The average molecular weight is 266 g/mol.